The van der Waals surface area contributed by atoms with Gasteiger partial charge in [0.1, 0.15) is 24.7 Å². The summed E-state index contributed by atoms with van der Waals surface area (Å²) in [5, 5.41) is 29.2. The molecule has 0 radical (unpaired) electrons. The number of nitrogens with one attached hydrogen (secondary N) is 7. The molecule has 10 N–H and O–H groups in total. The van der Waals surface area contributed by atoms with Crippen molar-refractivity contribution in [2.24, 2.45) is 23.0 Å². The van der Waals surface area contributed by atoms with Crippen molar-refractivity contribution in [2.75, 3.05) is 30.9 Å². The van der Waals surface area contributed by atoms with E-state index in [0.29, 0.717) is 22.5 Å². The van der Waals surface area contributed by atoms with Crippen LogP contribution < -0.4 is 47.9 Å². The average molecular weight is 1200 g/mol. The predicted molar refractivity (Wildman–Crippen MR) is 333 cm³/mol. The van der Waals surface area contributed by atoms with Gasteiger partial charge in [0.15, 0.2) is 0 Å². The first kappa shape index (κ1) is 68.7. The number of aliphatic carboxylic acids is 1. The molecule has 9 amide bonds. The summed E-state index contributed by atoms with van der Waals surface area (Å²) in [6, 6.07) is 23.6. The summed E-state index contributed by atoms with van der Waals surface area (Å²) in [6.45, 7) is 18.6. The number of hydrogen-bond donors (Lipinski definition) is 9. The lowest BCUT2D eigenvalue weighted by molar-refractivity contribution is -0.141. The highest BCUT2D eigenvalue weighted by atomic mass is 16.5. The van der Waals surface area contributed by atoms with E-state index in [1.54, 1.807) is 63.2 Å². The van der Waals surface area contributed by atoms with Gasteiger partial charge in [0, 0.05) is 60.8 Å². The van der Waals surface area contributed by atoms with Crippen molar-refractivity contribution in [1.29, 1.82) is 0 Å². The second kappa shape index (κ2) is 31.4. The Labute approximate surface area is 510 Å². The molecule has 21 heteroatoms. The number of ether oxygens (including phenoxy) is 1. The van der Waals surface area contributed by atoms with Crippen molar-refractivity contribution < 1.29 is 53.0 Å². The molecule has 4 aromatic rings. The van der Waals surface area contributed by atoms with Crippen LogP contribution in [0.5, 0.6) is 0 Å². The normalized spacial score (nSPS) is 13.9. The zero-order valence-corrected chi connectivity index (χ0v) is 52.0. The third-order valence-electron chi connectivity index (χ3n) is 15.2. The van der Waals surface area contributed by atoms with E-state index in [9.17, 15) is 48.3 Å². The second-order valence-corrected chi connectivity index (χ2v) is 24.1. The molecule has 1 heterocycles. The quantitative estimate of drug-likeness (QED) is 0.0170. The standard InChI is InChI=1S/C66H86N10O11/c1-40(2)52(36-42(5)62(83)84)75(12)61(82)57(65(6,7)8)74-60(81)56(68-11)66(9,10)48-29-23-43(24-30-48)37-70-64(86)87-39-44-25-31-49(32-26-44)71-58(79)50(21-17-35-69-63(67)85)72-59(80)55(41(3)4)73-53(77)33-34-54(78)76-38-47-20-14-13-18-45(47)27-28-46-19-15-16-22-51(46)76/h13-16,18-20,22-26,29-32,36,40-41,50,52,55-57,68H,17,21,33-35,37-39H2,1-12H3,(H,70,86)(H,71,79)(H,72,80)(H,73,77)(H,74,81)(H,83,84)(H3,67,69,85)/b42-36+/t50-,52+,55-,56+,57+/m0/s1. The minimum absolute atomic E-state index is 0.0918. The predicted octanol–water partition coefficient (Wildman–Crippen LogP) is 6.76. The van der Waals surface area contributed by atoms with Crippen molar-refractivity contribution in [1.82, 2.24) is 36.8 Å². The van der Waals surface area contributed by atoms with Gasteiger partial charge in [-0.05, 0) is 96.6 Å². The number of likely N-dealkylation sites (N-methyl/N-ethyl adjacent to an activating group) is 2. The van der Waals surface area contributed by atoms with Gasteiger partial charge in [0.2, 0.25) is 35.4 Å². The molecule has 4 aromatic carbocycles. The Bertz CT molecular complexity index is 3210. The van der Waals surface area contributed by atoms with Crippen LogP contribution >= 0.6 is 0 Å². The Hall–Kier alpha value is -9.03. The number of benzene rings is 4. The first-order valence-corrected chi connectivity index (χ1v) is 29.2. The maximum absolute atomic E-state index is 14.1. The molecule has 466 valence electrons. The van der Waals surface area contributed by atoms with Crippen molar-refractivity contribution in [2.45, 2.75) is 150 Å². The Morgan fingerprint density at radius 1 is 0.736 bits per heavy atom. The molecule has 87 heavy (non-hydrogen) atoms. The minimum Gasteiger partial charge on any atom is -0.478 e. The number of urea groups is 1. The monoisotopic (exact) mass is 1190 g/mol. The van der Waals surface area contributed by atoms with Gasteiger partial charge in [-0.2, -0.15) is 0 Å². The van der Waals surface area contributed by atoms with Crippen LogP contribution in [0.2, 0.25) is 0 Å². The van der Waals surface area contributed by atoms with E-state index >= 15 is 0 Å². The Morgan fingerprint density at radius 3 is 1.97 bits per heavy atom. The number of carbonyl (C=O) groups excluding carboxylic acids is 8. The first-order valence-electron chi connectivity index (χ1n) is 29.2. The summed E-state index contributed by atoms with van der Waals surface area (Å²) in [5.74, 6) is 1.97. The molecule has 0 unspecified atom stereocenters. The Balaban J connectivity index is 1.14. The molecule has 0 aliphatic carbocycles. The van der Waals surface area contributed by atoms with Gasteiger partial charge in [-0.15, -0.1) is 0 Å². The maximum atomic E-state index is 14.1. The molecule has 5 atom stereocenters. The number of carbonyl (C=O) groups is 9. The van der Waals surface area contributed by atoms with Gasteiger partial charge in [-0.1, -0.05) is 147 Å². The van der Waals surface area contributed by atoms with Crippen LogP contribution in [0.3, 0.4) is 0 Å². The highest BCUT2D eigenvalue weighted by Crippen LogP contribution is 2.31. The van der Waals surface area contributed by atoms with Gasteiger partial charge in [0.05, 0.1) is 24.3 Å². The molecule has 1 aliphatic rings. The Kier molecular flexibility index (Phi) is 24.8. The maximum Gasteiger partial charge on any atom is 0.407 e. The van der Waals surface area contributed by atoms with E-state index in [1.807, 2.05) is 121 Å². The number of anilines is 2. The number of nitrogens with zero attached hydrogens (tertiary/aromatic N) is 2. The second-order valence-electron chi connectivity index (χ2n) is 24.1. The highest BCUT2D eigenvalue weighted by molar-refractivity contribution is 6.00. The van der Waals surface area contributed by atoms with Crippen LogP contribution in [0.4, 0.5) is 21.0 Å². The minimum atomic E-state index is -1.11. The molecular formula is C66H86N10O11. The van der Waals surface area contributed by atoms with Crippen molar-refractivity contribution in [3.05, 3.63) is 142 Å². The molecule has 5 rings (SSSR count). The number of amides is 9. The van der Waals surface area contributed by atoms with Crippen LogP contribution in [0.1, 0.15) is 128 Å². The van der Waals surface area contributed by atoms with Crippen molar-refractivity contribution in [3.8, 4) is 11.8 Å². The zero-order valence-electron chi connectivity index (χ0n) is 52.0. The molecule has 0 saturated carbocycles. The van der Waals surface area contributed by atoms with Gasteiger partial charge >= 0.3 is 18.1 Å². The zero-order chi connectivity index (χ0) is 64.3. The van der Waals surface area contributed by atoms with Gasteiger partial charge < -0.3 is 62.6 Å². The fraction of sp³-hybridized carbons (Fsp3) is 0.439. The number of carboxylic acids is 1. The fourth-order valence-corrected chi connectivity index (χ4v) is 10.0. The molecule has 0 saturated heterocycles. The van der Waals surface area contributed by atoms with Crippen LogP contribution in [0.15, 0.2) is 109 Å². The third-order valence-corrected chi connectivity index (χ3v) is 15.2. The van der Waals surface area contributed by atoms with E-state index in [4.69, 9.17) is 10.5 Å². The molecule has 0 spiro atoms. The van der Waals surface area contributed by atoms with Crippen molar-refractivity contribution in [3.63, 3.8) is 0 Å². The summed E-state index contributed by atoms with van der Waals surface area (Å²) in [4.78, 5) is 122. The van der Waals surface area contributed by atoms with E-state index < -0.39 is 88.7 Å². The number of hydrogen-bond acceptors (Lipinski definition) is 11. The molecule has 1 aliphatic heterocycles. The number of carboxylic acid groups (broad SMARTS) is 1. The van der Waals surface area contributed by atoms with E-state index in [2.05, 4.69) is 49.1 Å². The number of alkyl carbamates (subject to hydrolysis) is 1. The molecule has 21 nitrogen and oxygen atoms in total. The smallest absolute Gasteiger partial charge is 0.407 e. The average Bonchev–Trinajstić information content (AvgIpc) is 2.26. The van der Waals surface area contributed by atoms with Gasteiger partial charge in [-0.25, -0.2) is 14.4 Å². The lowest BCUT2D eigenvalue weighted by atomic mass is 9.76. The number of primary amides is 1. The molecular weight excluding hydrogens is 1110 g/mol. The van der Waals surface area contributed by atoms with Crippen LogP contribution in [0, 0.1) is 29.1 Å². The summed E-state index contributed by atoms with van der Waals surface area (Å²) in [5.41, 5.74) is 9.40. The van der Waals surface area contributed by atoms with E-state index in [-0.39, 0.29) is 75.2 Å². The van der Waals surface area contributed by atoms with Crippen LogP contribution in [-0.2, 0) is 63.4 Å². The lowest BCUT2D eigenvalue weighted by Gasteiger charge is -2.40. The Morgan fingerprint density at radius 2 is 1.36 bits per heavy atom. The summed E-state index contributed by atoms with van der Waals surface area (Å²) >= 11 is 0. The van der Waals surface area contributed by atoms with Crippen LogP contribution in [-0.4, -0.2) is 114 Å². The lowest BCUT2D eigenvalue weighted by Crippen LogP contribution is -2.61. The molecule has 0 aromatic heterocycles. The van der Waals surface area contributed by atoms with E-state index in [1.165, 1.54) is 11.8 Å². The number of para-hydroxylation sites is 1. The van der Waals surface area contributed by atoms with Gasteiger partial charge in [-0.3, -0.25) is 28.8 Å². The summed E-state index contributed by atoms with van der Waals surface area (Å²) in [7, 11) is 3.29. The molecule has 0 fully saturated rings. The number of rotatable bonds is 27. The fourth-order valence-electron chi connectivity index (χ4n) is 10.0. The summed E-state index contributed by atoms with van der Waals surface area (Å²) in [6.07, 6.45) is 0.869. The van der Waals surface area contributed by atoms with Gasteiger partial charge in [0.25, 0.3) is 0 Å². The largest absolute Gasteiger partial charge is 0.478 e. The van der Waals surface area contributed by atoms with Crippen LogP contribution in [0.25, 0.3) is 0 Å². The van der Waals surface area contributed by atoms with Crippen molar-refractivity contribution >= 4 is 64.9 Å². The molecule has 0 bridgehead atoms. The topological polar surface area (TPSA) is 300 Å². The number of fused-ring (bicyclic) bond motifs is 2. The first-order chi connectivity index (χ1) is 41.0. The number of nitrogens with two attached hydrogens (primary N) is 1. The summed E-state index contributed by atoms with van der Waals surface area (Å²) < 4.78 is 5.49. The SMILES string of the molecule is CN[C@H](C(=O)N[C@H](C(=O)N(C)[C@H](/C=C(\C)C(=O)O)C(C)C)C(C)(C)C)C(C)(C)c1ccc(CNC(=O)OCc2ccc(NC(=O)[C@H](CCCNC(N)=O)NC(=O)[C@@H](NC(=O)CCC(=O)N3Cc4ccccc4C#Cc4ccccc43)C(C)C)cc2)cc1. The highest BCUT2D eigenvalue weighted by Gasteiger charge is 2.42. The third kappa shape index (κ3) is 19.8. The van der Waals surface area contributed by atoms with E-state index in [0.717, 1.165) is 22.3 Å².